The van der Waals surface area contributed by atoms with Crippen molar-refractivity contribution >= 4 is 21.6 Å². The summed E-state index contributed by atoms with van der Waals surface area (Å²) >= 11 is 0. The lowest BCUT2D eigenvalue weighted by atomic mass is 10.2. The Kier molecular flexibility index (Phi) is 3.81. The van der Waals surface area contributed by atoms with Crippen LogP contribution in [0, 0.1) is 0 Å². The van der Waals surface area contributed by atoms with Crippen LogP contribution >= 0.6 is 0 Å². The largest absolute Gasteiger partial charge is 0.481 e. The van der Waals surface area contributed by atoms with Crippen LogP contribution in [0.15, 0.2) is 4.36 Å². The third-order valence-electron chi connectivity index (χ3n) is 2.14. The second-order valence-corrected chi connectivity index (χ2v) is 6.07. The summed E-state index contributed by atoms with van der Waals surface area (Å²) in [5, 5.41) is 8.41. The fraction of sp³-hybridized carbons (Fsp3) is 0.750. The van der Waals surface area contributed by atoms with Crippen molar-refractivity contribution in [3.63, 3.8) is 0 Å². The summed E-state index contributed by atoms with van der Waals surface area (Å²) in [7, 11) is -2.43. The summed E-state index contributed by atoms with van der Waals surface area (Å²) < 4.78 is 15.4. The lowest BCUT2D eigenvalue weighted by Gasteiger charge is -2.04. The van der Waals surface area contributed by atoms with Crippen molar-refractivity contribution in [2.75, 3.05) is 11.5 Å². The van der Waals surface area contributed by atoms with Crippen LogP contribution in [-0.2, 0) is 19.3 Å². The molecule has 0 saturated carbocycles. The maximum atomic E-state index is 11.8. The molecule has 1 fully saturated rings. The minimum Gasteiger partial charge on any atom is -0.481 e. The molecule has 3 N–H and O–H groups in total. The highest BCUT2D eigenvalue weighted by Gasteiger charge is 2.22. The first-order valence-corrected chi connectivity index (χ1v) is 6.52. The Morgan fingerprint density at radius 1 is 1.40 bits per heavy atom. The fourth-order valence-electron chi connectivity index (χ4n) is 1.36. The van der Waals surface area contributed by atoms with E-state index in [9.17, 15) is 13.8 Å². The molecule has 1 saturated heterocycles. The quantitative estimate of drug-likeness (QED) is 0.689. The van der Waals surface area contributed by atoms with Crippen LogP contribution in [0.2, 0.25) is 0 Å². The summed E-state index contributed by atoms with van der Waals surface area (Å²) in [5.74, 6) is -1.09. The number of rotatable bonds is 3. The molecule has 0 bridgehead atoms. The Morgan fingerprint density at radius 3 is 2.40 bits per heavy atom. The topological polar surface area (TPSA) is 110 Å². The smallest absolute Gasteiger partial charge is 0.305 e. The molecule has 6 nitrogen and oxygen atoms in total. The van der Waals surface area contributed by atoms with E-state index < -0.39 is 34.1 Å². The molecule has 86 valence electrons. The number of nitrogens with zero attached hydrogens (tertiary/aromatic N) is 1. The van der Waals surface area contributed by atoms with E-state index in [0.29, 0.717) is 11.5 Å². The zero-order valence-corrected chi connectivity index (χ0v) is 9.03. The Bertz CT molecular complexity index is 372. The van der Waals surface area contributed by atoms with Crippen LogP contribution in [-0.4, -0.2) is 38.7 Å². The zero-order chi connectivity index (χ0) is 11.5. The minimum atomic E-state index is -2.43. The van der Waals surface area contributed by atoms with Crippen LogP contribution in [0.4, 0.5) is 0 Å². The third kappa shape index (κ3) is 3.60. The molecule has 0 aliphatic carbocycles. The lowest BCUT2D eigenvalue weighted by Crippen LogP contribution is -2.32. The molecule has 15 heavy (non-hydrogen) atoms. The van der Waals surface area contributed by atoms with Crippen molar-refractivity contribution in [3.8, 4) is 0 Å². The van der Waals surface area contributed by atoms with Gasteiger partial charge in [-0.05, 0) is 12.8 Å². The third-order valence-corrected chi connectivity index (χ3v) is 4.51. The fourth-order valence-corrected chi connectivity index (χ4v) is 3.52. The van der Waals surface area contributed by atoms with Gasteiger partial charge in [-0.25, -0.2) is 4.21 Å². The minimum absolute atomic E-state index is 0.415. The highest BCUT2D eigenvalue weighted by atomic mass is 32.2. The first-order chi connectivity index (χ1) is 6.93. The van der Waals surface area contributed by atoms with Gasteiger partial charge >= 0.3 is 5.97 Å². The van der Waals surface area contributed by atoms with Crippen molar-refractivity contribution in [1.29, 1.82) is 0 Å². The first kappa shape index (κ1) is 12.1. The average Bonchev–Trinajstić information content (AvgIpc) is 2.50. The number of amides is 1. The molecule has 1 aliphatic heterocycles. The number of carbonyl (C=O) groups excluding carboxylic acids is 1. The summed E-state index contributed by atoms with van der Waals surface area (Å²) in [5.41, 5.74) is 5.31. The molecular formula is C8H14N2O4S. The predicted molar refractivity (Wildman–Crippen MR) is 54.8 cm³/mol. The van der Waals surface area contributed by atoms with Crippen molar-refractivity contribution in [2.45, 2.75) is 25.3 Å². The van der Waals surface area contributed by atoms with E-state index >= 15 is 0 Å². The Labute approximate surface area is 88.0 Å². The molecule has 7 heteroatoms. The second-order valence-electron chi connectivity index (χ2n) is 3.52. The molecule has 0 aromatic heterocycles. The summed E-state index contributed by atoms with van der Waals surface area (Å²) in [4.78, 5) is 21.6. The van der Waals surface area contributed by atoms with E-state index in [1.165, 1.54) is 0 Å². The van der Waals surface area contributed by atoms with E-state index in [4.69, 9.17) is 10.8 Å². The van der Waals surface area contributed by atoms with Gasteiger partial charge in [0, 0.05) is 11.5 Å². The van der Waals surface area contributed by atoms with Crippen molar-refractivity contribution in [2.24, 2.45) is 10.1 Å². The summed E-state index contributed by atoms with van der Waals surface area (Å²) in [6, 6.07) is -1.18. The summed E-state index contributed by atoms with van der Waals surface area (Å²) in [6.07, 6.45) is 1.12. The number of aliphatic carboxylic acids is 1. The maximum Gasteiger partial charge on any atom is 0.305 e. The van der Waals surface area contributed by atoms with Gasteiger partial charge in [0.2, 0.25) is 0 Å². The molecule has 1 atom stereocenters. The number of hydrogen-bond acceptors (Lipinski definition) is 4. The molecule has 1 amide bonds. The SMILES string of the molecule is NC(CC(=O)O)C(=O)N=S1(=O)CCCC1. The van der Waals surface area contributed by atoms with Crippen LogP contribution in [0.1, 0.15) is 19.3 Å². The maximum absolute atomic E-state index is 11.8. The molecule has 1 heterocycles. The van der Waals surface area contributed by atoms with Crippen LogP contribution < -0.4 is 5.73 Å². The molecule has 1 unspecified atom stereocenters. The van der Waals surface area contributed by atoms with Crippen LogP contribution in [0.3, 0.4) is 0 Å². The standard InChI is InChI=1S/C8H14N2O4S/c9-6(5-7(11)12)8(13)10-15(14)3-1-2-4-15/h6H,1-5,9H2,(H,11,12). The number of carboxylic acid groups (broad SMARTS) is 1. The van der Waals surface area contributed by atoms with Crippen LogP contribution in [0.25, 0.3) is 0 Å². The van der Waals surface area contributed by atoms with Crippen LogP contribution in [0.5, 0.6) is 0 Å². The van der Waals surface area contributed by atoms with Gasteiger partial charge in [-0.3, -0.25) is 9.59 Å². The molecule has 1 rings (SSSR count). The molecule has 1 aliphatic rings. The molecule has 0 aromatic carbocycles. The van der Waals surface area contributed by atoms with Gasteiger partial charge in [0.25, 0.3) is 5.91 Å². The predicted octanol–water partition coefficient (Wildman–Crippen LogP) is -0.423. The van der Waals surface area contributed by atoms with E-state index in [0.717, 1.165) is 12.8 Å². The van der Waals surface area contributed by atoms with Crippen molar-refractivity contribution in [1.82, 2.24) is 0 Å². The highest BCUT2D eigenvalue weighted by molar-refractivity contribution is 7.94. The monoisotopic (exact) mass is 234 g/mol. The zero-order valence-electron chi connectivity index (χ0n) is 8.22. The second kappa shape index (κ2) is 4.71. The number of carboxylic acids is 1. The Balaban J connectivity index is 2.69. The first-order valence-electron chi connectivity index (χ1n) is 4.67. The molecule has 0 spiro atoms. The van der Waals surface area contributed by atoms with Gasteiger partial charge in [-0.15, -0.1) is 0 Å². The summed E-state index contributed by atoms with van der Waals surface area (Å²) in [6.45, 7) is 0. The molecular weight excluding hydrogens is 220 g/mol. The number of carbonyl (C=O) groups is 2. The normalized spacial score (nSPS) is 20.9. The number of hydrogen-bond donors (Lipinski definition) is 2. The lowest BCUT2D eigenvalue weighted by molar-refractivity contribution is -0.139. The number of nitrogens with two attached hydrogens (primary N) is 1. The average molecular weight is 234 g/mol. The highest BCUT2D eigenvalue weighted by Crippen LogP contribution is 2.13. The van der Waals surface area contributed by atoms with Gasteiger partial charge in [0.15, 0.2) is 0 Å². The Morgan fingerprint density at radius 2 is 1.93 bits per heavy atom. The Hall–Kier alpha value is -0.950. The van der Waals surface area contributed by atoms with E-state index in [-0.39, 0.29) is 0 Å². The van der Waals surface area contributed by atoms with Gasteiger partial charge in [0.1, 0.15) is 0 Å². The van der Waals surface area contributed by atoms with E-state index in [1.54, 1.807) is 0 Å². The molecule has 0 radical (unpaired) electrons. The van der Waals surface area contributed by atoms with Gasteiger partial charge in [0.05, 0.1) is 22.2 Å². The van der Waals surface area contributed by atoms with E-state index in [2.05, 4.69) is 4.36 Å². The molecule has 0 aromatic rings. The van der Waals surface area contributed by atoms with Gasteiger partial charge < -0.3 is 10.8 Å². The van der Waals surface area contributed by atoms with Gasteiger partial charge in [-0.2, -0.15) is 4.36 Å². The van der Waals surface area contributed by atoms with Crippen molar-refractivity contribution in [3.05, 3.63) is 0 Å². The van der Waals surface area contributed by atoms with E-state index in [1.807, 2.05) is 0 Å². The van der Waals surface area contributed by atoms with Crippen molar-refractivity contribution < 1.29 is 18.9 Å². The van der Waals surface area contributed by atoms with Gasteiger partial charge in [-0.1, -0.05) is 0 Å².